The van der Waals surface area contributed by atoms with Gasteiger partial charge in [0.1, 0.15) is 11.5 Å². The maximum Gasteiger partial charge on any atom is 0.343 e. The van der Waals surface area contributed by atoms with Gasteiger partial charge in [0.15, 0.2) is 0 Å². The van der Waals surface area contributed by atoms with Crippen LogP contribution in [0.5, 0.6) is 11.5 Å². The summed E-state index contributed by atoms with van der Waals surface area (Å²) in [6.45, 7) is 2.98. The second kappa shape index (κ2) is 19.9. The van der Waals surface area contributed by atoms with E-state index in [4.69, 9.17) is 9.47 Å². The van der Waals surface area contributed by atoms with Crippen molar-refractivity contribution in [1.29, 1.82) is 0 Å². The average molecular weight is 574 g/mol. The third-order valence-corrected chi connectivity index (χ3v) is 7.46. The van der Waals surface area contributed by atoms with E-state index in [1.54, 1.807) is 30.5 Å². The fraction of sp³-hybridized carbons (Fsp3) is 0.444. The van der Waals surface area contributed by atoms with Gasteiger partial charge in [-0.15, -0.1) is 12.6 Å². The van der Waals surface area contributed by atoms with Crippen LogP contribution in [0, 0.1) is 0 Å². The third kappa shape index (κ3) is 13.9. The molecule has 0 heterocycles. The summed E-state index contributed by atoms with van der Waals surface area (Å²) in [5, 5.41) is 0. The maximum absolute atomic E-state index is 12.6. The Bertz CT molecular complexity index is 1140. The summed E-state index contributed by atoms with van der Waals surface area (Å²) < 4.78 is 11.4. The lowest BCUT2D eigenvalue weighted by molar-refractivity contribution is 0.0734. The van der Waals surface area contributed by atoms with E-state index in [2.05, 4.69) is 24.5 Å². The first-order valence-corrected chi connectivity index (χ1v) is 16.0. The standard InChI is InChI=1S/C36H47NO3S/c1-2-3-4-5-6-7-8-9-10-11-12-13-14-15-28-39-33-24-18-31(19-25-33)36(38)40-34-22-16-30(17-23-34)29-37-32-20-26-35(41)27-21-32/h16-27,29,41H,2-15,28H2,1H3. The first-order chi connectivity index (χ1) is 20.1. The van der Waals surface area contributed by atoms with Crippen molar-refractivity contribution in [1.82, 2.24) is 0 Å². The Morgan fingerprint density at radius 1 is 0.659 bits per heavy atom. The topological polar surface area (TPSA) is 47.9 Å². The van der Waals surface area contributed by atoms with Crippen molar-refractivity contribution in [2.24, 2.45) is 4.99 Å². The lowest BCUT2D eigenvalue weighted by atomic mass is 10.0. The van der Waals surface area contributed by atoms with Gasteiger partial charge in [0.25, 0.3) is 0 Å². The largest absolute Gasteiger partial charge is 0.494 e. The van der Waals surface area contributed by atoms with E-state index >= 15 is 0 Å². The molecule has 3 rings (SSSR count). The Balaban J connectivity index is 1.24. The predicted octanol–water partition coefficient (Wildman–Crippen LogP) is 10.8. The molecule has 0 aromatic heterocycles. The van der Waals surface area contributed by atoms with Crippen LogP contribution in [0.3, 0.4) is 0 Å². The molecule has 0 atom stereocenters. The molecule has 0 bridgehead atoms. The summed E-state index contributed by atoms with van der Waals surface area (Å²) in [7, 11) is 0. The van der Waals surface area contributed by atoms with Crippen LogP contribution < -0.4 is 9.47 Å². The number of thiol groups is 1. The molecule has 0 aliphatic rings. The number of carbonyl (C=O) groups is 1. The third-order valence-electron chi connectivity index (χ3n) is 7.16. The maximum atomic E-state index is 12.6. The first kappa shape index (κ1) is 32.5. The molecule has 0 amide bonds. The molecule has 3 aromatic carbocycles. The molecule has 0 aliphatic carbocycles. The predicted molar refractivity (Wildman–Crippen MR) is 175 cm³/mol. The van der Waals surface area contributed by atoms with E-state index in [9.17, 15) is 4.79 Å². The van der Waals surface area contributed by atoms with Crippen molar-refractivity contribution in [2.45, 2.75) is 102 Å². The number of carbonyl (C=O) groups excluding carboxylic acids is 1. The van der Waals surface area contributed by atoms with Crippen molar-refractivity contribution < 1.29 is 14.3 Å². The molecule has 0 N–H and O–H groups in total. The fourth-order valence-electron chi connectivity index (χ4n) is 4.65. The molecule has 5 heteroatoms. The summed E-state index contributed by atoms with van der Waals surface area (Å²) >= 11 is 4.28. The summed E-state index contributed by atoms with van der Waals surface area (Å²) in [5.41, 5.74) is 2.26. The quantitative estimate of drug-likeness (QED) is 0.0481. The Labute approximate surface area is 253 Å². The molecule has 3 aromatic rings. The van der Waals surface area contributed by atoms with E-state index in [0.29, 0.717) is 17.9 Å². The monoisotopic (exact) mass is 573 g/mol. The molecular weight excluding hydrogens is 526 g/mol. The molecular formula is C36H47NO3S. The number of esters is 1. The van der Waals surface area contributed by atoms with Gasteiger partial charge in [0.2, 0.25) is 0 Å². The molecule has 0 aliphatic heterocycles. The van der Waals surface area contributed by atoms with Gasteiger partial charge in [0, 0.05) is 11.1 Å². The highest BCUT2D eigenvalue weighted by Gasteiger charge is 2.09. The van der Waals surface area contributed by atoms with Crippen LogP contribution in [0.2, 0.25) is 0 Å². The lowest BCUT2D eigenvalue weighted by Crippen LogP contribution is -2.08. The minimum absolute atomic E-state index is 0.392. The summed E-state index contributed by atoms with van der Waals surface area (Å²) in [6, 6.07) is 22.1. The van der Waals surface area contributed by atoms with Gasteiger partial charge < -0.3 is 9.47 Å². The Kier molecular flexibility index (Phi) is 15.8. The van der Waals surface area contributed by atoms with Crippen molar-refractivity contribution in [2.75, 3.05) is 6.61 Å². The van der Waals surface area contributed by atoms with E-state index < -0.39 is 5.97 Å². The van der Waals surface area contributed by atoms with Crippen LogP contribution in [0.1, 0.15) is 113 Å². The van der Waals surface area contributed by atoms with Gasteiger partial charge in [-0.1, -0.05) is 90.4 Å². The highest BCUT2D eigenvalue weighted by molar-refractivity contribution is 7.80. The SMILES string of the molecule is CCCCCCCCCCCCCCCCOc1ccc(C(=O)Oc2ccc(C=Nc3ccc(S)cc3)cc2)cc1. The Hall–Kier alpha value is -3.05. The molecule has 0 unspecified atom stereocenters. The number of benzene rings is 3. The number of nitrogens with zero attached hydrogens (tertiary/aromatic N) is 1. The van der Waals surface area contributed by atoms with Gasteiger partial charge in [-0.3, -0.25) is 4.99 Å². The van der Waals surface area contributed by atoms with Crippen LogP contribution in [-0.2, 0) is 0 Å². The second-order valence-electron chi connectivity index (χ2n) is 10.7. The van der Waals surface area contributed by atoms with Crippen molar-refractivity contribution in [3.8, 4) is 11.5 Å². The highest BCUT2D eigenvalue weighted by Crippen LogP contribution is 2.19. The van der Waals surface area contributed by atoms with Gasteiger partial charge in [-0.05, 0) is 84.8 Å². The number of hydrogen-bond donors (Lipinski definition) is 1. The number of aliphatic imine (C=N–C) groups is 1. The molecule has 220 valence electrons. The summed E-state index contributed by atoms with van der Waals surface area (Å²) in [6.07, 6.45) is 20.6. The van der Waals surface area contributed by atoms with Gasteiger partial charge in [-0.2, -0.15) is 0 Å². The average Bonchev–Trinajstić information content (AvgIpc) is 3.00. The van der Waals surface area contributed by atoms with Crippen molar-refractivity contribution in [3.05, 3.63) is 83.9 Å². The minimum atomic E-state index is -0.392. The number of ether oxygens (including phenoxy) is 2. The lowest BCUT2D eigenvalue weighted by Gasteiger charge is -2.08. The van der Waals surface area contributed by atoms with Crippen molar-refractivity contribution in [3.63, 3.8) is 0 Å². The van der Waals surface area contributed by atoms with Gasteiger partial charge >= 0.3 is 5.97 Å². The normalized spacial score (nSPS) is 11.2. The highest BCUT2D eigenvalue weighted by atomic mass is 32.1. The van der Waals surface area contributed by atoms with Crippen LogP contribution in [0.15, 0.2) is 82.7 Å². The first-order valence-electron chi connectivity index (χ1n) is 15.5. The number of hydrogen-bond acceptors (Lipinski definition) is 5. The summed E-state index contributed by atoms with van der Waals surface area (Å²) in [5.74, 6) is 0.880. The Morgan fingerprint density at radius 3 is 1.73 bits per heavy atom. The molecule has 0 saturated carbocycles. The fourth-order valence-corrected chi connectivity index (χ4v) is 4.80. The van der Waals surface area contributed by atoms with E-state index in [1.807, 2.05) is 48.5 Å². The second-order valence-corrected chi connectivity index (χ2v) is 11.2. The van der Waals surface area contributed by atoms with E-state index in [-0.39, 0.29) is 0 Å². The van der Waals surface area contributed by atoms with E-state index in [0.717, 1.165) is 28.3 Å². The van der Waals surface area contributed by atoms with Crippen molar-refractivity contribution >= 4 is 30.5 Å². The van der Waals surface area contributed by atoms with Crippen LogP contribution in [0.25, 0.3) is 0 Å². The van der Waals surface area contributed by atoms with Gasteiger partial charge in [-0.25, -0.2) is 4.79 Å². The Morgan fingerprint density at radius 2 is 1.17 bits per heavy atom. The molecule has 0 fully saturated rings. The summed E-state index contributed by atoms with van der Waals surface area (Å²) in [4.78, 5) is 17.9. The number of unbranched alkanes of at least 4 members (excludes halogenated alkanes) is 13. The van der Waals surface area contributed by atoms with Gasteiger partial charge in [0.05, 0.1) is 17.9 Å². The molecule has 0 radical (unpaired) electrons. The smallest absolute Gasteiger partial charge is 0.343 e. The zero-order valence-electron chi connectivity index (χ0n) is 24.7. The molecule has 0 saturated heterocycles. The van der Waals surface area contributed by atoms with E-state index in [1.165, 1.54) is 83.5 Å². The molecule has 41 heavy (non-hydrogen) atoms. The zero-order chi connectivity index (χ0) is 29.0. The minimum Gasteiger partial charge on any atom is -0.494 e. The molecule has 4 nitrogen and oxygen atoms in total. The molecule has 0 spiro atoms. The van der Waals surface area contributed by atoms with Crippen LogP contribution in [0.4, 0.5) is 5.69 Å². The zero-order valence-corrected chi connectivity index (χ0v) is 25.6. The number of rotatable bonds is 20. The van der Waals surface area contributed by atoms with Crippen LogP contribution >= 0.6 is 12.6 Å². The van der Waals surface area contributed by atoms with Crippen LogP contribution in [-0.4, -0.2) is 18.8 Å².